The second kappa shape index (κ2) is 7.58. The summed E-state index contributed by atoms with van der Waals surface area (Å²) in [6.45, 7) is 7.27. The number of rotatable bonds is 6. The van der Waals surface area contributed by atoms with Crippen LogP contribution in [0.1, 0.15) is 43.2 Å². The normalized spacial score (nSPS) is 11.1. The average molecular weight is 303 g/mol. The molecule has 2 nitrogen and oxygen atoms in total. The molecular formula is C18H23ClN2. The van der Waals surface area contributed by atoms with Crippen LogP contribution in [0.3, 0.4) is 0 Å². The molecule has 0 aliphatic heterocycles. The summed E-state index contributed by atoms with van der Waals surface area (Å²) in [4.78, 5) is 4.50. The Bertz CT molecular complexity index is 576. The van der Waals surface area contributed by atoms with E-state index in [-0.39, 0.29) is 0 Å². The minimum atomic E-state index is 0.477. The minimum absolute atomic E-state index is 0.477. The third kappa shape index (κ3) is 4.83. The van der Waals surface area contributed by atoms with Crippen molar-refractivity contribution in [2.75, 3.05) is 0 Å². The van der Waals surface area contributed by atoms with Gasteiger partial charge in [-0.05, 0) is 35.2 Å². The zero-order valence-corrected chi connectivity index (χ0v) is 13.7. The van der Waals surface area contributed by atoms with Gasteiger partial charge in [-0.25, -0.2) is 0 Å². The van der Waals surface area contributed by atoms with E-state index >= 15 is 0 Å². The van der Waals surface area contributed by atoms with Crippen molar-refractivity contribution < 1.29 is 0 Å². The number of nitrogens with zero attached hydrogens (tertiary/aromatic N) is 1. The van der Waals surface area contributed by atoms with Crippen LogP contribution < -0.4 is 5.32 Å². The van der Waals surface area contributed by atoms with Gasteiger partial charge in [0.1, 0.15) is 0 Å². The number of halogens is 1. The van der Waals surface area contributed by atoms with E-state index in [9.17, 15) is 0 Å². The van der Waals surface area contributed by atoms with Gasteiger partial charge in [0, 0.05) is 35.9 Å². The van der Waals surface area contributed by atoms with Crippen LogP contribution in [0.2, 0.25) is 5.02 Å². The molecule has 0 atom stereocenters. The van der Waals surface area contributed by atoms with E-state index < -0.39 is 0 Å². The van der Waals surface area contributed by atoms with Crippen molar-refractivity contribution in [1.82, 2.24) is 10.3 Å². The molecule has 2 rings (SSSR count). The molecule has 1 aromatic heterocycles. The molecular weight excluding hydrogens is 280 g/mol. The smallest absolute Gasteiger partial charge is 0.0448 e. The molecule has 112 valence electrons. The molecule has 1 N–H and O–H groups in total. The Morgan fingerprint density at radius 3 is 2.48 bits per heavy atom. The molecule has 1 heterocycles. The van der Waals surface area contributed by atoms with Crippen molar-refractivity contribution in [3.05, 3.63) is 63.9 Å². The van der Waals surface area contributed by atoms with Crippen molar-refractivity contribution in [2.24, 2.45) is 0 Å². The first-order valence-electron chi connectivity index (χ1n) is 7.53. The van der Waals surface area contributed by atoms with Gasteiger partial charge in [0.2, 0.25) is 0 Å². The minimum Gasteiger partial charge on any atom is -0.310 e. The van der Waals surface area contributed by atoms with Crippen LogP contribution in [0.5, 0.6) is 0 Å². The lowest BCUT2D eigenvalue weighted by molar-refractivity contribution is 0.589. The Morgan fingerprint density at radius 2 is 1.90 bits per heavy atom. The Morgan fingerprint density at radius 1 is 1.14 bits per heavy atom. The molecule has 21 heavy (non-hydrogen) atoms. The number of hydrogen-bond acceptors (Lipinski definition) is 2. The van der Waals surface area contributed by atoms with Crippen LogP contribution in [0.25, 0.3) is 0 Å². The lowest BCUT2D eigenvalue weighted by atomic mass is 10.1. The summed E-state index contributed by atoms with van der Waals surface area (Å²) in [7, 11) is 0. The highest BCUT2D eigenvalue weighted by atomic mass is 35.5. The summed E-state index contributed by atoms with van der Waals surface area (Å²) < 4.78 is 0. The quantitative estimate of drug-likeness (QED) is 0.856. The largest absolute Gasteiger partial charge is 0.310 e. The lowest BCUT2D eigenvalue weighted by Gasteiger charge is -2.10. The fourth-order valence-corrected chi connectivity index (χ4v) is 2.40. The van der Waals surface area contributed by atoms with E-state index in [2.05, 4.69) is 55.3 Å². The van der Waals surface area contributed by atoms with Gasteiger partial charge in [0.05, 0.1) is 0 Å². The zero-order valence-electron chi connectivity index (χ0n) is 13.0. The van der Waals surface area contributed by atoms with Gasteiger partial charge in [-0.3, -0.25) is 4.98 Å². The molecule has 0 saturated heterocycles. The predicted octanol–water partition coefficient (Wildman–Crippen LogP) is 4.39. The van der Waals surface area contributed by atoms with Gasteiger partial charge in [0.15, 0.2) is 0 Å². The molecule has 3 heteroatoms. The Kier molecular flexibility index (Phi) is 5.77. The van der Waals surface area contributed by atoms with Crippen molar-refractivity contribution in [3.63, 3.8) is 0 Å². The average Bonchev–Trinajstić information content (AvgIpc) is 2.48. The number of aromatic nitrogens is 1. The van der Waals surface area contributed by atoms with Crippen LogP contribution in [-0.2, 0) is 19.4 Å². The molecule has 0 bridgehead atoms. The third-order valence-corrected chi connectivity index (χ3v) is 3.85. The number of aryl methyl sites for hydroxylation is 1. The summed E-state index contributed by atoms with van der Waals surface area (Å²) in [5, 5.41) is 4.22. The SMILES string of the molecule is CCc1ccc(Cc2ccc(CNC(C)C)cc2Cl)nc1. The van der Waals surface area contributed by atoms with Crippen LogP contribution in [-0.4, -0.2) is 11.0 Å². The molecule has 1 aromatic carbocycles. The molecule has 0 spiro atoms. The lowest BCUT2D eigenvalue weighted by Crippen LogP contribution is -2.21. The maximum Gasteiger partial charge on any atom is 0.0448 e. The van der Waals surface area contributed by atoms with Gasteiger partial charge in [-0.15, -0.1) is 0 Å². The highest BCUT2D eigenvalue weighted by molar-refractivity contribution is 6.31. The molecule has 0 aliphatic rings. The molecule has 0 amide bonds. The van der Waals surface area contributed by atoms with E-state index in [0.717, 1.165) is 35.7 Å². The first-order valence-corrected chi connectivity index (χ1v) is 7.90. The summed E-state index contributed by atoms with van der Waals surface area (Å²) >= 11 is 6.40. The second-order valence-corrected chi connectivity index (χ2v) is 6.06. The fourth-order valence-electron chi connectivity index (χ4n) is 2.13. The fraction of sp³-hybridized carbons (Fsp3) is 0.389. The van der Waals surface area contributed by atoms with Crippen molar-refractivity contribution in [3.8, 4) is 0 Å². The van der Waals surface area contributed by atoms with Crippen molar-refractivity contribution in [2.45, 2.75) is 46.2 Å². The molecule has 0 fully saturated rings. The first kappa shape index (κ1) is 16.0. The van der Waals surface area contributed by atoms with Crippen molar-refractivity contribution in [1.29, 1.82) is 0 Å². The highest BCUT2D eigenvalue weighted by Crippen LogP contribution is 2.20. The van der Waals surface area contributed by atoms with Gasteiger partial charge >= 0.3 is 0 Å². The maximum absolute atomic E-state index is 6.40. The van der Waals surface area contributed by atoms with Crippen LogP contribution >= 0.6 is 11.6 Å². The van der Waals surface area contributed by atoms with E-state index in [0.29, 0.717) is 6.04 Å². The Hall–Kier alpha value is -1.38. The first-order chi connectivity index (χ1) is 10.1. The third-order valence-electron chi connectivity index (χ3n) is 3.50. The standard InChI is InChI=1S/C18H23ClN2/c1-4-14-6-8-17(21-11-14)10-16-7-5-15(9-18(16)19)12-20-13(2)3/h5-9,11,13,20H,4,10,12H2,1-3H3. The summed E-state index contributed by atoms with van der Waals surface area (Å²) in [6.07, 6.45) is 3.75. The Balaban J connectivity index is 2.06. The van der Waals surface area contributed by atoms with E-state index in [1.165, 1.54) is 11.1 Å². The second-order valence-electron chi connectivity index (χ2n) is 5.65. The number of pyridine rings is 1. The summed E-state index contributed by atoms with van der Waals surface area (Å²) in [5.41, 5.74) is 4.66. The van der Waals surface area contributed by atoms with Crippen LogP contribution in [0.4, 0.5) is 0 Å². The topological polar surface area (TPSA) is 24.9 Å². The molecule has 2 aromatic rings. The molecule has 0 unspecified atom stereocenters. The highest BCUT2D eigenvalue weighted by Gasteiger charge is 2.05. The number of nitrogens with one attached hydrogen (secondary N) is 1. The number of hydrogen-bond donors (Lipinski definition) is 1. The maximum atomic E-state index is 6.40. The van der Waals surface area contributed by atoms with Gasteiger partial charge in [0.25, 0.3) is 0 Å². The number of benzene rings is 1. The van der Waals surface area contributed by atoms with Gasteiger partial charge in [-0.2, -0.15) is 0 Å². The van der Waals surface area contributed by atoms with Gasteiger partial charge in [-0.1, -0.05) is 50.6 Å². The van der Waals surface area contributed by atoms with E-state index in [4.69, 9.17) is 11.6 Å². The molecule has 0 radical (unpaired) electrons. The van der Waals surface area contributed by atoms with Crippen LogP contribution in [0, 0.1) is 0 Å². The summed E-state index contributed by atoms with van der Waals surface area (Å²) in [6, 6.07) is 11.0. The molecule has 0 saturated carbocycles. The van der Waals surface area contributed by atoms with Crippen molar-refractivity contribution >= 4 is 11.6 Å². The Labute approximate surface area is 132 Å². The van der Waals surface area contributed by atoms with Crippen LogP contribution in [0.15, 0.2) is 36.5 Å². The van der Waals surface area contributed by atoms with E-state index in [1.807, 2.05) is 12.3 Å². The summed E-state index contributed by atoms with van der Waals surface area (Å²) in [5.74, 6) is 0. The molecule has 0 aliphatic carbocycles. The van der Waals surface area contributed by atoms with E-state index in [1.54, 1.807) is 0 Å². The predicted molar refractivity (Wildman–Crippen MR) is 89.8 cm³/mol. The monoisotopic (exact) mass is 302 g/mol. The van der Waals surface area contributed by atoms with Gasteiger partial charge < -0.3 is 5.32 Å². The zero-order chi connectivity index (χ0) is 15.2.